The zero-order chi connectivity index (χ0) is 18.3. The molecule has 0 radical (unpaired) electrons. The molecule has 1 atom stereocenters. The molecule has 0 amide bonds. The number of hydrogen-bond acceptors (Lipinski definition) is 2. The van der Waals surface area contributed by atoms with Gasteiger partial charge in [0.2, 0.25) is 0 Å². The zero-order valence-corrected chi connectivity index (χ0v) is 15.0. The molecule has 26 heavy (non-hydrogen) atoms. The molecule has 3 aromatic carbocycles. The molecule has 132 valence electrons. The molecular formula is C22H19ClO3. The molecule has 0 saturated carbocycles. The number of carboxylic acid groups (broad SMARTS) is 1. The Morgan fingerprint density at radius 1 is 1.08 bits per heavy atom. The predicted molar refractivity (Wildman–Crippen MR) is 103 cm³/mol. The van der Waals surface area contributed by atoms with E-state index < -0.39 is 11.4 Å². The molecule has 1 aliphatic carbocycles. The van der Waals surface area contributed by atoms with Gasteiger partial charge in [-0.05, 0) is 58.9 Å². The van der Waals surface area contributed by atoms with Crippen molar-refractivity contribution in [2.45, 2.75) is 24.7 Å². The van der Waals surface area contributed by atoms with Crippen LogP contribution in [0, 0.1) is 0 Å². The van der Waals surface area contributed by atoms with Crippen LogP contribution in [-0.4, -0.2) is 22.8 Å². The predicted octanol–water partition coefficient (Wildman–Crippen LogP) is 4.81. The van der Waals surface area contributed by atoms with Crippen molar-refractivity contribution in [2.75, 3.05) is 6.61 Å². The van der Waals surface area contributed by atoms with Gasteiger partial charge in [-0.1, -0.05) is 54.1 Å². The number of hydrogen-bond donors (Lipinski definition) is 2. The molecule has 0 bridgehead atoms. The van der Waals surface area contributed by atoms with Crippen molar-refractivity contribution in [3.8, 4) is 0 Å². The van der Waals surface area contributed by atoms with Crippen LogP contribution in [0.1, 0.15) is 39.9 Å². The second kappa shape index (κ2) is 6.42. The van der Waals surface area contributed by atoms with Gasteiger partial charge in [-0.15, -0.1) is 0 Å². The minimum absolute atomic E-state index is 0.139. The standard InChI is InChI=1S/C22H19ClO3/c23-16-8-10-18-15(12-16)5-3-11-22(18,13-24)19-9-7-14-4-1-2-6-17(14)20(19)21(25)26/h1-2,4,6-10,12,24H,3,5,11,13H2,(H,25,26). The summed E-state index contributed by atoms with van der Waals surface area (Å²) < 4.78 is 0. The molecule has 0 aromatic heterocycles. The molecule has 2 N–H and O–H groups in total. The van der Waals surface area contributed by atoms with Gasteiger partial charge in [0.1, 0.15) is 0 Å². The fourth-order valence-corrected chi connectivity index (χ4v) is 4.58. The van der Waals surface area contributed by atoms with Gasteiger partial charge in [0.25, 0.3) is 0 Å². The third-order valence-electron chi connectivity index (χ3n) is 5.56. The van der Waals surface area contributed by atoms with E-state index in [2.05, 4.69) is 0 Å². The van der Waals surface area contributed by atoms with Crippen LogP contribution < -0.4 is 0 Å². The van der Waals surface area contributed by atoms with Gasteiger partial charge in [-0.25, -0.2) is 4.79 Å². The van der Waals surface area contributed by atoms with Crippen LogP contribution in [0.5, 0.6) is 0 Å². The Labute approximate surface area is 156 Å². The molecule has 3 aromatic rings. The molecule has 1 aliphatic rings. The lowest BCUT2D eigenvalue weighted by Gasteiger charge is -2.39. The Morgan fingerprint density at radius 3 is 2.62 bits per heavy atom. The lowest BCUT2D eigenvalue weighted by Crippen LogP contribution is -2.37. The fraction of sp³-hybridized carbons (Fsp3) is 0.227. The number of aromatic carboxylic acids is 1. The van der Waals surface area contributed by atoms with E-state index >= 15 is 0 Å². The van der Waals surface area contributed by atoms with Crippen molar-refractivity contribution in [3.05, 3.63) is 81.9 Å². The maximum atomic E-state index is 12.2. The van der Waals surface area contributed by atoms with Crippen LogP contribution in [0.15, 0.2) is 54.6 Å². The molecule has 4 heteroatoms. The van der Waals surface area contributed by atoms with E-state index in [0.29, 0.717) is 22.4 Å². The third-order valence-corrected chi connectivity index (χ3v) is 5.80. The first-order valence-electron chi connectivity index (χ1n) is 8.72. The van der Waals surface area contributed by atoms with Crippen LogP contribution in [0.2, 0.25) is 5.02 Å². The number of fused-ring (bicyclic) bond motifs is 2. The van der Waals surface area contributed by atoms with Crippen LogP contribution in [-0.2, 0) is 11.8 Å². The third kappa shape index (κ3) is 2.51. The number of carbonyl (C=O) groups is 1. The molecule has 3 nitrogen and oxygen atoms in total. The summed E-state index contributed by atoms with van der Waals surface area (Å²) >= 11 is 6.16. The van der Waals surface area contributed by atoms with E-state index in [0.717, 1.165) is 29.4 Å². The first-order chi connectivity index (χ1) is 12.6. The molecule has 1 unspecified atom stereocenters. The second-order valence-corrected chi connectivity index (χ2v) is 7.35. The fourth-order valence-electron chi connectivity index (χ4n) is 4.38. The largest absolute Gasteiger partial charge is 0.478 e. The first kappa shape index (κ1) is 17.1. The van der Waals surface area contributed by atoms with E-state index in [1.54, 1.807) is 0 Å². The van der Waals surface area contributed by atoms with E-state index in [4.69, 9.17) is 11.6 Å². The van der Waals surface area contributed by atoms with Crippen molar-refractivity contribution in [1.29, 1.82) is 0 Å². The van der Waals surface area contributed by atoms with E-state index in [1.807, 2.05) is 54.6 Å². The number of halogens is 1. The summed E-state index contributed by atoms with van der Waals surface area (Å²) in [7, 11) is 0. The van der Waals surface area contributed by atoms with E-state index in [-0.39, 0.29) is 12.2 Å². The number of rotatable bonds is 3. The molecular weight excluding hydrogens is 348 g/mol. The van der Waals surface area contributed by atoms with Gasteiger partial charge >= 0.3 is 5.97 Å². The van der Waals surface area contributed by atoms with Crippen molar-refractivity contribution in [1.82, 2.24) is 0 Å². The monoisotopic (exact) mass is 366 g/mol. The topological polar surface area (TPSA) is 57.5 Å². The summed E-state index contributed by atoms with van der Waals surface area (Å²) in [5.74, 6) is -0.967. The Bertz CT molecular complexity index is 1010. The lowest BCUT2D eigenvalue weighted by atomic mass is 9.65. The number of aliphatic hydroxyl groups excluding tert-OH is 1. The summed E-state index contributed by atoms with van der Waals surface area (Å²) in [6.07, 6.45) is 2.46. The molecule has 0 heterocycles. The van der Waals surface area contributed by atoms with Crippen molar-refractivity contribution in [3.63, 3.8) is 0 Å². The van der Waals surface area contributed by atoms with Crippen molar-refractivity contribution in [2.24, 2.45) is 0 Å². The van der Waals surface area contributed by atoms with Crippen LogP contribution >= 0.6 is 11.6 Å². The highest BCUT2D eigenvalue weighted by molar-refractivity contribution is 6.30. The second-order valence-electron chi connectivity index (χ2n) is 6.91. The number of benzene rings is 3. The summed E-state index contributed by atoms with van der Waals surface area (Å²) in [6, 6.07) is 17.0. The summed E-state index contributed by atoms with van der Waals surface area (Å²) in [4.78, 5) is 12.2. The highest BCUT2D eigenvalue weighted by Gasteiger charge is 2.40. The number of aliphatic hydroxyl groups is 1. The number of aryl methyl sites for hydroxylation is 1. The number of carboxylic acids is 1. The van der Waals surface area contributed by atoms with Crippen LogP contribution in [0.4, 0.5) is 0 Å². The quantitative estimate of drug-likeness (QED) is 0.699. The average Bonchev–Trinajstić information content (AvgIpc) is 2.66. The molecule has 4 rings (SSSR count). The van der Waals surface area contributed by atoms with Gasteiger partial charge in [-0.2, -0.15) is 0 Å². The first-order valence-corrected chi connectivity index (χ1v) is 9.10. The Morgan fingerprint density at radius 2 is 1.85 bits per heavy atom. The minimum atomic E-state index is -0.967. The lowest BCUT2D eigenvalue weighted by molar-refractivity contribution is 0.0695. The van der Waals surface area contributed by atoms with Gasteiger partial charge in [0.05, 0.1) is 12.2 Å². The maximum absolute atomic E-state index is 12.2. The molecule has 0 saturated heterocycles. The minimum Gasteiger partial charge on any atom is -0.478 e. The molecule has 0 aliphatic heterocycles. The summed E-state index contributed by atoms with van der Waals surface area (Å²) in [6.45, 7) is -0.139. The Hall–Kier alpha value is -2.36. The van der Waals surface area contributed by atoms with E-state index in [1.165, 1.54) is 0 Å². The molecule has 0 spiro atoms. The van der Waals surface area contributed by atoms with E-state index in [9.17, 15) is 15.0 Å². The summed E-state index contributed by atoms with van der Waals surface area (Å²) in [5.41, 5.74) is 2.29. The highest BCUT2D eigenvalue weighted by Crippen LogP contribution is 2.45. The van der Waals surface area contributed by atoms with Crippen LogP contribution in [0.25, 0.3) is 10.8 Å². The van der Waals surface area contributed by atoms with Crippen LogP contribution in [0.3, 0.4) is 0 Å². The van der Waals surface area contributed by atoms with Crippen molar-refractivity contribution < 1.29 is 15.0 Å². The van der Waals surface area contributed by atoms with Gasteiger partial charge in [0.15, 0.2) is 0 Å². The summed E-state index contributed by atoms with van der Waals surface area (Å²) in [5, 5.41) is 22.7. The highest BCUT2D eigenvalue weighted by atomic mass is 35.5. The molecule has 0 fully saturated rings. The normalized spacial score (nSPS) is 19.3. The van der Waals surface area contributed by atoms with Gasteiger partial charge < -0.3 is 10.2 Å². The zero-order valence-electron chi connectivity index (χ0n) is 14.2. The van der Waals surface area contributed by atoms with Gasteiger partial charge in [0, 0.05) is 10.4 Å². The Kier molecular flexibility index (Phi) is 4.22. The van der Waals surface area contributed by atoms with Crippen molar-refractivity contribution >= 4 is 28.3 Å². The smallest absolute Gasteiger partial charge is 0.336 e. The Balaban J connectivity index is 2.06. The van der Waals surface area contributed by atoms with Gasteiger partial charge in [-0.3, -0.25) is 0 Å². The maximum Gasteiger partial charge on any atom is 0.336 e. The average molecular weight is 367 g/mol. The SMILES string of the molecule is O=C(O)c1c(C2(CO)CCCc3cc(Cl)ccc32)ccc2ccccc12.